The Bertz CT molecular complexity index is 1160. The lowest BCUT2D eigenvalue weighted by Crippen LogP contribution is -2.48. The van der Waals surface area contributed by atoms with E-state index in [4.69, 9.17) is 11.6 Å². The van der Waals surface area contributed by atoms with Crippen molar-refractivity contribution >= 4 is 38.2 Å². The van der Waals surface area contributed by atoms with E-state index < -0.39 is 10.0 Å². The van der Waals surface area contributed by atoms with Crippen LogP contribution in [0.5, 0.6) is 0 Å². The molecule has 0 spiro atoms. The molecule has 5 nitrogen and oxygen atoms in total. The summed E-state index contributed by atoms with van der Waals surface area (Å²) in [7, 11) is -3.50. The van der Waals surface area contributed by atoms with Gasteiger partial charge in [-0.2, -0.15) is 4.31 Å². The second-order valence-electron chi connectivity index (χ2n) is 8.66. The molecule has 0 amide bonds. The van der Waals surface area contributed by atoms with E-state index in [0.29, 0.717) is 36.1 Å². The topological polar surface area (TPSA) is 53.5 Å². The van der Waals surface area contributed by atoms with Gasteiger partial charge in [0.05, 0.1) is 10.4 Å². The highest BCUT2D eigenvalue weighted by atomic mass is 35.5. The zero-order valence-corrected chi connectivity index (χ0v) is 19.0. The number of nitrogens with zero attached hydrogens (tertiary/aromatic N) is 3. The van der Waals surface area contributed by atoms with Crippen molar-refractivity contribution < 1.29 is 8.42 Å². The Morgan fingerprint density at radius 1 is 0.933 bits per heavy atom. The van der Waals surface area contributed by atoms with E-state index in [-0.39, 0.29) is 5.41 Å². The first-order chi connectivity index (χ1) is 14.2. The highest BCUT2D eigenvalue weighted by molar-refractivity contribution is 7.89. The third-order valence-electron chi connectivity index (χ3n) is 5.62. The van der Waals surface area contributed by atoms with Crippen molar-refractivity contribution in [1.29, 1.82) is 0 Å². The molecule has 2 heterocycles. The molecule has 0 aliphatic carbocycles. The third-order valence-corrected chi connectivity index (χ3v) is 7.77. The Morgan fingerprint density at radius 3 is 2.23 bits per heavy atom. The van der Waals surface area contributed by atoms with Gasteiger partial charge in [0.15, 0.2) is 0 Å². The Balaban J connectivity index is 1.52. The Morgan fingerprint density at radius 2 is 1.60 bits per heavy atom. The molecule has 0 bridgehead atoms. The summed E-state index contributed by atoms with van der Waals surface area (Å²) in [4.78, 5) is 6.97. The Labute approximate surface area is 183 Å². The van der Waals surface area contributed by atoms with Crippen molar-refractivity contribution in [3.8, 4) is 0 Å². The van der Waals surface area contributed by atoms with Crippen molar-refractivity contribution in [2.45, 2.75) is 31.1 Å². The first-order valence-electron chi connectivity index (χ1n) is 10.1. The summed E-state index contributed by atoms with van der Waals surface area (Å²) in [6.45, 7) is 8.50. The van der Waals surface area contributed by atoms with Crippen molar-refractivity contribution in [2.75, 3.05) is 31.1 Å². The minimum atomic E-state index is -3.50. The largest absolute Gasteiger partial charge is 0.368 e. The van der Waals surface area contributed by atoms with Gasteiger partial charge in [-0.05, 0) is 47.4 Å². The minimum absolute atomic E-state index is 0.00847. The molecule has 0 unspecified atom stereocenters. The molecule has 7 heteroatoms. The average molecular weight is 444 g/mol. The van der Waals surface area contributed by atoms with Gasteiger partial charge in [0, 0.05) is 48.5 Å². The van der Waals surface area contributed by atoms with Gasteiger partial charge in [-0.15, -0.1) is 0 Å². The van der Waals surface area contributed by atoms with Crippen LogP contribution in [0.25, 0.3) is 10.9 Å². The van der Waals surface area contributed by atoms with Crippen molar-refractivity contribution in [3.05, 3.63) is 65.3 Å². The molecular formula is C23H26ClN3O2S. The van der Waals surface area contributed by atoms with Gasteiger partial charge in [0.1, 0.15) is 0 Å². The van der Waals surface area contributed by atoms with Gasteiger partial charge in [0.2, 0.25) is 10.0 Å². The standard InChI is InChI=1S/C23H26ClN3O2S/c1-23(2,3)17-4-7-19(8-5-17)30(28,29)27-14-12-26(13-15-27)22-10-11-25-21-16-18(24)6-9-20(21)22/h4-11,16H,12-15H2,1-3H3. The third kappa shape index (κ3) is 4.04. The Kier molecular flexibility index (Phi) is 5.51. The molecular weight excluding hydrogens is 418 g/mol. The van der Waals surface area contributed by atoms with Crippen molar-refractivity contribution in [3.63, 3.8) is 0 Å². The summed E-state index contributed by atoms with van der Waals surface area (Å²) in [5, 5.41) is 1.68. The van der Waals surface area contributed by atoms with Crippen LogP contribution in [0, 0.1) is 0 Å². The summed E-state index contributed by atoms with van der Waals surface area (Å²) in [6, 6.07) is 14.9. The molecule has 1 fully saturated rings. The molecule has 0 N–H and O–H groups in total. The van der Waals surface area contributed by atoms with Crippen molar-refractivity contribution in [2.24, 2.45) is 0 Å². The number of benzene rings is 2. The van der Waals surface area contributed by atoms with Crippen LogP contribution in [0.3, 0.4) is 0 Å². The van der Waals surface area contributed by atoms with E-state index in [1.165, 1.54) is 0 Å². The number of aromatic nitrogens is 1. The number of hydrogen-bond acceptors (Lipinski definition) is 4. The number of hydrogen-bond donors (Lipinski definition) is 0. The molecule has 2 aromatic carbocycles. The lowest BCUT2D eigenvalue weighted by Gasteiger charge is -2.36. The van der Waals surface area contributed by atoms with Gasteiger partial charge in [-0.3, -0.25) is 4.98 Å². The van der Waals surface area contributed by atoms with Crippen LogP contribution < -0.4 is 4.90 Å². The van der Waals surface area contributed by atoms with E-state index in [2.05, 4.69) is 30.7 Å². The number of piperazine rings is 1. The number of sulfonamides is 1. The van der Waals surface area contributed by atoms with Crippen LogP contribution in [-0.2, 0) is 15.4 Å². The molecule has 1 saturated heterocycles. The van der Waals surface area contributed by atoms with Gasteiger partial charge in [-0.25, -0.2) is 8.42 Å². The highest BCUT2D eigenvalue weighted by Crippen LogP contribution is 2.29. The number of pyridine rings is 1. The SMILES string of the molecule is CC(C)(C)c1ccc(S(=O)(=O)N2CCN(c3ccnc4cc(Cl)ccc34)CC2)cc1. The summed E-state index contributed by atoms with van der Waals surface area (Å²) >= 11 is 6.09. The second kappa shape index (κ2) is 7.84. The molecule has 1 aliphatic heterocycles. The van der Waals surface area contributed by atoms with Gasteiger partial charge in [0.25, 0.3) is 0 Å². The smallest absolute Gasteiger partial charge is 0.243 e. The van der Waals surface area contributed by atoms with E-state index in [1.807, 2.05) is 36.4 Å². The van der Waals surface area contributed by atoms with E-state index >= 15 is 0 Å². The average Bonchev–Trinajstić information content (AvgIpc) is 2.72. The maximum Gasteiger partial charge on any atom is 0.243 e. The van der Waals surface area contributed by atoms with Crippen LogP contribution in [-0.4, -0.2) is 43.9 Å². The van der Waals surface area contributed by atoms with Crippen molar-refractivity contribution in [1.82, 2.24) is 9.29 Å². The summed E-state index contributed by atoms with van der Waals surface area (Å²) in [5.74, 6) is 0. The molecule has 0 saturated carbocycles. The number of rotatable bonds is 3. The lowest BCUT2D eigenvalue weighted by atomic mass is 9.87. The fourth-order valence-electron chi connectivity index (χ4n) is 3.83. The number of halogens is 1. The zero-order chi connectivity index (χ0) is 21.5. The molecule has 158 valence electrons. The normalized spacial score (nSPS) is 16.2. The lowest BCUT2D eigenvalue weighted by molar-refractivity contribution is 0.385. The molecule has 1 aliphatic rings. The van der Waals surface area contributed by atoms with E-state index in [1.54, 1.807) is 22.6 Å². The maximum atomic E-state index is 13.1. The van der Waals surface area contributed by atoms with Crippen LogP contribution >= 0.6 is 11.6 Å². The van der Waals surface area contributed by atoms with E-state index in [0.717, 1.165) is 22.2 Å². The fourth-order valence-corrected chi connectivity index (χ4v) is 5.42. The molecule has 0 radical (unpaired) electrons. The summed E-state index contributed by atoms with van der Waals surface area (Å²) in [6.07, 6.45) is 1.77. The first kappa shape index (κ1) is 21.1. The number of fused-ring (bicyclic) bond motifs is 1. The van der Waals surface area contributed by atoms with Crippen LogP contribution in [0.1, 0.15) is 26.3 Å². The Hall–Kier alpha value is -2.15. The zero-order valence-electron chi connectivity index (χ0n) is 17.5. The molecule has 4 rings (SSSR count). The second-order valence-corrected chi connectivity index (χ2v) is 11.0. The van der Waals surface area contributed by atoms with Crippen LogP contribution in [0.15, 0.2) is 59.6 Å². The van der Waals surface area contributed by atoms with E-state index in [9.17, 15) is 8.42 Å². The fraction of sp³-hybridized carbons (Fsp3) is 0.348. The minimum Gasteiger partial charge on any atom is -0.368 e. The predicted octanol–water partition coefficient (Wildman–Crippen LogP) is 4.70. The molecule has 30 heavy (non-hydrogen) atoms. The summed E-state index contributed by atoms with van der Waals surface area (Å²) in [5.41, 5.74) is 3.01. The van der Waals surface area contributed by atoms with Crippen LogP contribution in [0.2, 0.25) is 5.02 Å². The predicted molar refractivity (Wildman–Crippen MR) is 123 cm³/mol. The monoisotopic (exact) mass is 443 g/mol. The van der Waals surface area contributed by atoms with Gasteiger partial charge < -0.3 is 4.90 Å². The van der Waals surface area contributed by atoms with Gasteiger partial charge in [-0.1, -0.05) is 44.5 Å². The highest BCUT2D eigenvalue weighted by Gasteiger charge is 2.29. The van der Waals surface area contributed by atoms with Crippen LogP contribution in [0.4, 0.5) is 5.69 Å². The maximum absolute atomic E-state index is 13.1. The quantitative estimate of drug-likeness (QED) is 0.589. The first-order valence-corrected chi connectivity index (χ1v) is 11.9. The molecule has 1 aromatic heterocycles. The number of anilines is 1. The summed E-state index contributed by atoms with van der Waals surface area (Å²) < 4.78 is 27.8. The molecule has 3 aromatic rings. The van der Waals surface area contributed by atoms with Gasteiger partial charge >= 0.3 is 0 Å². The molecule has 0 atom stereocenters.